The second-order valence-corrected chi connectivity index (χ2v) is 6.33. The summed E-state index contributed by atoms with van der Waals surface area (Å²) in [5, 5.41) is 2.65. The molecule has 0 aromatic heterocycles. The fourth-order valence-corrected chi connectivity index (χ4v) is 3.15. The van der Waals surface area contributed by atoms with Crippen molar-refractivity contribution in [3.63, 3.8) is 0 Å². The number of alkyl halides is 3. The number of rotatable bonds is 3. The van der Waals surface area contributed by atoms with Crippen molar-refractivity contribution in [3.05, 3.63) is 29.8 Å². The predicted octanol–water partition coefficient (Wildman–Crippen LogP) is 2.35. The lowest BCUT2D eigenvalue weighted by molar-refractivity contribution is -0.138. The van der Waals surface area contributed by atoms with Crippen LogP contribution in [0, 0.1) is 0 Å². The number of carbonyl (C=O) groups is 2. The second kappa shape index (κ2) is 6.93. The van der Waals surface area contributed by atoms with Gasteiger partial charge < -0.3 is 15.0 Å². The molecule has 0 saturated carbocycles. The van der Waals surface area contributed by atoms with Crippen molar-refractivity contribution in [2.24, 2.45) is 0 Å². The van der Waals surface area contributed by atoms with Crippen LogP contribution in [-0.2, 0) is 15.8 Å². The number of carbonyl (C=O) groups excluding carboxylic acids is 2. The summed E-state index contributed by atoms with van der Waals surface area (Å²) in [6.07, 6.45) is -2.67. The van der Waals surface area contributed by atoms with E-state index in [4.69, 9.17) is 4.74 Å². The summed E-state index contributed by atoms with van der Waals surface area (Å²) in [6.45, 7) is 0.934. The molecule has 1 aromatic carbocycles. The average molecular weight is 356 g/mol. The van der Waals surface area contributed by atoms with Gasteiger partial charge in [-0.05, 0) is 24.6 Å². The summed E-state index contributed by atoms with van der Waals surface area (Å²) in [5.74, 6) is -0.0212. The molecule has 3 rings (SSSR count). The van der Waals surface area contributed by atoms with Crippen LogP contribution < -0.4 is 10.1 Å². The fourth-order valence-electron chi connectivity index (χ4n) is 3.15. The molecule has 2 aliphatic heterocycles. The highest BCUT2D eigenvalue weighted by molar-refractivity contribution is 5.90. The lowest BCUT2D eigenvalue weighted by Gasteiger charge is -2.33. The number of benzene rings is 1. The van der Waals surface area contributed by atoms with Gasteiger partial charge in [0, 0.05) is 32.4 Å². The van der Waals surface area contributed by atoms with E-state index >= 15 is 0 Å². The largest absolute Gasteiger partial charge is 0.490 e. The monoisotopic (exact) mass is 356 g/mol. The zero-order valence-corrected chi connectivity index (χ0v) is 13.5. The third kappa shape index (κ3) is 4.24. The Morgan fingerprint density at radius 3 is 2.52 bits per heavy atom. The van der Waals surface area contributed by atoms with Gasteiger partial charge in [-0.25, -0.2) is 0 Å². The quantitative estimate of drug-likeness (QED) is 0.905. The minimum atomic E-state index is -4.40. The van der Waals surface area contributed by atoms with Gasteiger partial charge >= 0.3 is 6.18 Å². The molecule has 0 aliphatic carbocycles. The summed E-state index contributed by atoms with van der Waals surface area (Å²) < 4.78 is 43.9. The van der Waals surface area contributed by atoms with E-state index in [2.05, 4.69) is 5.32 Å². The lowest BCUT2D eigenvalue weighted by atomic mass is 10.1. The number of ether oxygens (including phenoxy) is 1. The standard InChI is InChI=1S/C17H19F3N2O3/c18-17(19,20)11-2-1-3-13(10-11)25-12-6-8-22(9-7-12)16(24)14-4-5-15(23)21-14/h1-3,10,12,14H,4-9H2,(H,21,23)/t14-/m1/s1. The zero-order chi connectivity index (χ0) is 18.0. The normalized spacial score (nSPS) is 22.0. The Balaban J connectivity index is 1.53. The number of nitrogens with zero attached hydrogens (tertiary/aromatic N) is 1. The smallest absolute Gasteiger partial charge is 0.416 e. The molecule has 2 amide bonds. The first-order chi connectivity index (χ1) is 11.8. The lowest BCUT2D eigenvalue weighted by Crippen LogP contribution is -2.49. The SMILES string of the molecule is O=C1CC[C@H](C(=O)N2CCC(Oc3cccc(C(F)(F)F)c3)CC2)N1. The van der Waals surface area contributed by atoms with Crippen molar-refractivity contribution in [1.82, 2.24) is 10.2 Å². The van der Waals surface area contributed by atoms with Gasteiger partial charge in [0.1, 0.15) is 17.9 Å². The number of piperidine rings is 1. The molecule has 8 heteroatoms. The highest BCUT2D eigenvalue weighted by Crippen LogP contribution is 2.32. The first-order valence-corrected chi connectivity index (χ1v) is 8.25. The molecule has 136 valence electrons. The molecule has 0 spiro atoms. The molecule has 0 radical (unpaired) electrons. The maximum Gasteiger partial charge on any atom is 0.416 e. The van der Waals surface area contributed by atoms with Crippen molar-refractivity contribution in [3.8, 4) is 5.75 Å². The van der Waals surface area contributed by atoms with E-state index in [1.54, 1.807) is 4.90 Å². The van der Waals surface area contributed by atoms with Crippen LogP contribution in [0.2, 0.25) is 0 Å². The maximum absolute atomic E-state index is 12.7. The van der Waals surface area contributed by atoms with E-state index in [1.165, 1.54) is 12.1 Å². The molecule has 1 aromatic rings. The van der Waals surface area contributed by atoms with Gasteiger partial charge in [0.15, 0.2) is 0 Å². The van der Waals surface area contributed by atoms with E-state index in [9.17, 15) is 22.8 Å². The topological polar surface area (TPSA) is 58.6 Å². The molecule has 2 saturated heterocycles. The number of nitrogens with one attached hydrogen (secondary N) is 1. The Morgan fingerprint density at radius 1 is 1.20 bits per heavy atom. The minimum Gasteiger partial charge on any atom is -0.490 e. The summed E-state index contributed by atoms with van der Waals surface area (Å²) in [5.41, 5.74) is -0.741. The van der Waals surface area contributed by atoms with Crippen LogP contribution in [0.4, 0.5) is 13.2 Å². The first kappa shape index (κ1) is 17.6. The number of likely N-dealkylation sites (tertiary alicyclic amines) is 1. The van der Waals surface area contributed by atoms with Crippen molar-refractivity contribution in [2.75, 3.05) is 13.1 Å². The van der Waals surface area contributed by atoms with Gasteiger partial charge in [-0.15, -0.1) is 0 Å². The van der Waals surface area contributed by atoms with Crippen molar-refractivity contribution in [2.45, 2.75) is 44.0 Å². The summed E-state index contributed by atoms with van der Waals surface area (Å²) in [6, 6.07) is 4.36. The molecule has 2 aliphatic rings. The third-order valence-electron chi connectivity index (χ3n) is 4.51. The number of amides is 2. The van der Waals surface area contributed by atoms with Crippen LogP contribution in [-0.4, -0.2) is 41.9 Å². The van der Waals surface area contributed by atoms with Crippen LogP contribution in [0.5, 0.6) is 5.75 Å². The van der Waals surface area contributed by atoms with Crippen LogP contribution >= 0.6 is 0 Å². The summed E-state index contributed by atoms with van der Waals surface area (Å²) in [4.78, 5) is 25.2. The van der Waals surface area contributed by atoms with Gasteiger partial charge in [0.2, 0.25) is 11.8 Å². The van der Waals surface area contributed by atoms with Gasteiger partial charge in [-0.3, -0.25) is 9.59 Å². The zero-order valence-electron chi connectivity index (χ0n) is 13.5. The van der Waals surface area contributed by atoms with E-state index in [0.717, 1.165) is 12.1 Å². The molecular weight excluding hydrogens is 337 g/mol. The molecule has 2 fully saturated rings. The number of hydrogen-bond acceptors (Lipinski definition) is 3. The number of halogens is 3. The van der Waals surface area contributed by atoms with Gasteiger partial charge in [0.25, 0.3) is 0 Å². The molecule has 1 N–H and O–H groups in total. The molecular formula is C17H19F3N2O3. The van der Waals surface area contributed by atoms with Crippen molar-refractivity contribution >= 4 is 11.8 Å². The van der Waals surface area contributed by atoms with E-state index in [1.807, 2.05) is 0 Å². The molecule has 0 unspecified atom stereocenters. The highest BCUT2D eigenvalue weighted by atomic mass is 19.4. The van der Waals surface area contributed by atoms with Gasteiger partial charge in [-0.2, -0.15) is 13.2 Å². The minimum absolute atomic E-state index is 0.0941. The van der Waals surface area contributed by atoms with Crippen LogP contribution in [0.15, 0.2) is 24.3 Å². The summed E-state index contributed by atoms with van der Waals surface area (Å²) >= 11 is 0. The highest BCUT2D eigenvalue weighted by Gasteiger charge is 2.33. The Bertz CT molecular complexity index is 655. The molecule has 5 nitrogen and oxygen atoms in total. The van der Waals surface area contributed by atoms with Crippen LogP contribution in [0.25, 0.3) is 0 Å². The van der Waals surface area contributed by atoms with Gasteiger partial charge in [0.05, 0.1) is 5.56 Å². The van der Waals surface area contributed by atoms with E-state index < -0.39 is 17.8 Å². The number of hydrogen-bond donors (Lipinski definition) is 1. The Morgan fingerprint density at radius 2 is 1.92 bits per heavy atom. The van der Waals surface area contributed by atoms with Crippen LogP contribution in [0.3, 0.4) is 0 Å². The van der Waals surface area contributed by atoms with Crippen LogP contribution in [0.1, 0.15) is 31.2 Å². The van der Waals surface area contributed by atoms with Gasteiger partial charge in [-0.1, -0.05) is 6.07 Å². The predicted molar refractivity (Wildman–Crippen MR) is 82.8 cm³/mol. The first-order valence-electron chi connectivity index (χ1n) is 8.25. The van der Waals surface area contributed by atoms with E-state index in [-0.39, 0.29) is 23.7 Å². The Kier molecular flexibility index (Phi) is 4.87. The molecule has 0 bridgehead atoms. The Labute approximate surface area is 143 Å². The van der Waals surface area contributed by atoms with E-state index in [0.29, 0.717) is 38.8 Å². The maximum atomic E-state index is 12.7. The second-order valence-electron chi connectivity index (χ2n) is 6.33. The average Bonchev–Trinajstić information content (AvgIpc) is 3.01. The Hall–Kier alpha value is -2.25. The fraction of sp³-hybridized carbons (Fsp3) is 0.529. The summed E-state index contributed by atoms with van der Waals surface area (Å²) in [7, 11) is 0. The molecule has 25 heavy (non-hydrogen) atoms. The molecule has 1 atom stereocenters. The van der Waals surface area contributed by atoms with Crippen molar-refractivity contribution in [1.29, 1.82) is 0 Å². The third-order valence-corrected chi connectivity index (χ3v) is 4.51. The van der Waals surface area contributed by atoms with Crippen molar-refractivity contribution < 1.29 is 27.5 Å². The molecule has 2 heterocycles.